The van der Waals surface area contributed by atoms with Gasteiger partial charge in [-0.15, -0.1) is 0 Å². The van der Waals surface area contributed by atoms with E-state index in [9.17, 15) is 0 Å². The van der Waals surface area contributed by atoms with E-state index >= 15 is 0 Å². The third kappa shape index (κ3) is 1.82. The number of hydrogen-bond donors (Lipinski definition) is 2. The van der Waals surface area contributed by atoms with E-state index in [-0.39, 0.29) is 0 Å². The van der Waals surface area contributed by atoms with Crippen molar-refractivity contribution < 1.29 is 5.21 Å². The number of oxime groups is 1. The van der Waals surface area contributed by atoms with Crippen LogP contribution in [-0.2, 0) is 0 Å². The lowest BCUT2D eigenvalue weighted by Gasteiger charge is -1.94. The Balaban J connectivity index is 2.46. The monoisotopic (exact) mass is 215 g/mol. The molecule has 0 unspecified atom stereocenters. The summed E-state index contributed by atoms with van der Waals surface area (Å²) in [7, 11) is 0. The molecular weight excluding hydrogens is 202 g/mol. The van der Waals surface area contributed by atoms with Gasteiger partial charge in [-0.05, 0) is 13.8 Å². The number of aromatic amines is 1. The van der Waals surface area contributed by atoms with Crippen molar-refractivity contribution in [2.24, 2.45) is 5.16 Å². The fourth-order valence-electron chi connectivity index (χ4n) is 1.59. The second-order valence-electron chi connectivity index (χ2n) is 3.61. The van der Waals surface area contributed by atoms with Gasteiger partial charge >= 0.3 is 0 Å². The van der Waals surface area contributed by atoms with E-state index in [4.69, 9.17) is 5.21 Å². The molecule has 0 fully saturated rings. The average Bonchev–Trinajstić information content (AvgIpc) is 2.71. The van der Waals surface area contributed by atoms with Crippen molar-refractivity contribution in [1.29, 1.82) is 0 Å². The molecule has 0 bridgehead atoms. The summed E-state index contributed by atoms with van der Waals surface area (Å²) < 4.78 is 0. The number of rotatable bonds is 2. The van der Waals surface area contributed by atoms with E-state index in [0.29, 0.717) is 11.4 Å². The molecule has 16 heavy (non-hydrogen) atoms. The van der Waals surface area contributed by atoms with Crippen LogP contribution in [0.25, 0.3) is 11.4 Å². The summed E-state index contributed by atoms with van der Waals surface area (Å²) in [4.78, 5) is 7.58. The van der Waals surface area contributed by atoms with Crippen LogP contribution in [0.2, 0.25) is 0 Å². The van der Waals surface area contributed by atoms with E-state index < -0.39 is 0 Å². The van der Waals surface area contributed by atoms with E-state index in [2.05, 4.69) is 15.1 Å². The van der Waals surface area contributed by atoms with Crippen molar-refractivity contribution in [2.75, 3.05) is 0 Å². The first-order chi connectivity index (χ1) is 7.72. The van der Waals surface area contributed by atoms with Gasteiger partial charge in [0.1, 0.15) is 17.2 Å². The Morgan fingerprint density at radius 1 is 1.31 bits per heavy atom. The molecule has 0 saturated carbocycles. The van der Waals surface area contributed by atoms with Crippen LogP contribution in [0.4, 0.5) is 0 Å². The summed E-state index contributed by atoms with van der Waals surface area (Å²) in [6, 6.07) is 9.83. The molecule has 4 heteroatoms. The fraction of sp³-hybridized carbons (Fsp3) is 0.167. The van der Waals surface area contributed by atoms with Gasteiger partial charge in [0, 0.05) is 11.3 Å². The first-order valence-electron chi connectivity index (χ1n) is 5.03. The molecule has 1 heterocycles. The Morgan fingerprint density at radius 3 is 2.62 bits per heavy atom. The Kier molecular flexibility index (Phi) is 2.72. The zero-order valence-corrected chi connectivity index (χ0v) is 9.23. The lowest BCUT2D eigenvalue weighted by Crippen LogP contribution is -1.97. The normalized spacial score (nSPS) is 11.8. The van der Waals surface area contributed by atoms with Gasteiger partial charge in [-0.25, -0.2) is 4.98 Å². The smallest absolute Gasteiger partial charge is 0.138 e. The number of H-pyrrole nitrogens is 1. The highest BCUT2D eigenvalue weighted by molar-refractivity contribution is 5.98. The van der Waals surface area contributed by atoms with Crippen LogP contribution in [0.1, 0.15) is 18.3 Å². The summed E-state index contributed by atoms with van der Waals surface area (Å²) in [5.74, 6) is 0.788. The highest BCUT2D eigenvalue weighted by atomic mass is 16.4. The van der Waals surface area contributed by atoms with Crippen molar-refractivity contribution in [1.82, 2.24) is 9.97 Å². The number of benzene rings is 1. The maximum atomic E-state index is 8.73. The molecule has 2 aromatic rings. The number of hydrogen-bond acceptors (Lipinski definition) is 3. The third-order valence-electron chi connectivity index (χ3n) is 2.42. The van der Waals surface area contributed by atoms with Crippen LogP contribution >= 0.6 is 0 Å². The molecule has 0 atom stereocenters. The second kappa shape index (κ2) is 4.18. The highest BCUT2D eigenvalue weighted by Crippen LogP contribution is 2.17. The molecule has 0 aliphatic heterocycles. The molecule has 0 aliphatic carbocycles. The Bertz CT molecular complexity index is 514. The van der Waals surface area contributed by atoms with Crippen LogP contribution in [0.5, 0.6) is 0 Å². The van der Waals surface area contributed by atoms with E-state index in [1.165, 1.54) is 0 Å². The van der Waals surface area contributed by atoms with Gasteiger partial charge in [0.15, 0.2) is 0 Å². The first kappa shape index (κ1) is 10.4. The molecule has 1 aromatic heterocycles. The van der Waals surface area contributed by atoms with Gasteiger partial charge in [0.25, 0.3) is 0 Å². The molecule has 0 radical (unpaired) electrons. The van der Waals surface area contributed by atoms with E-state index in [1.54, 1.807) is 6.92 Å². The van der Waals surface area contributed by atoms with Gasteiger partial charge in [0.05, 0.1) is 0 Å². The molecule has 2 rings (SSSR count). The Labute approximate surface area is 93.7 Å². The minimum atomic E-state index is 0.510. The predicted molar refractivity (Wildman–Crippen MR) is 62.8 cm³/mol. The van der Waals surface area contributed by atoms with E-state index in [0.717, 1.165) is 17.1 Å². The highest BCUT2D eigenvalue weighted by Gasteiger charge is 2.10. The van der Waals surface area contributed by atoms with Gasteiger partial charge in [-0.2, -0.15) is 0 Å². The minimum Gasteiger partial charge on any atom is -0.411 e. The SMILES string of the molecule is C/C(=N/O)c1nc(-c2ccccc2)[nH]c1C. The number of aromatic nitrogens is 2. The second-order valence-corrected chi connectivity index (χ2v) is 3.61. The van der Waals surface area contributed by atoms with Gasteiger partial charge in [0.2, 0.25) is 0 Å². The van der Waals surface area contributed by atoms with Crippen LogP contribution < -0.4 is 0 Å². The van der Waals surface area contributed by atoms with Crippen LogP contribution in [-0.4, -0.2) is 20.9 Å². The van der Waals surface area contributed by atoms with Crippen molar-refractivity contribution in [3.05, 3.63) is 41.7 Å². The summed E-state index contributed by atoms with van der Waals surface area (Å²) in [5.41, 5.74) is 3.12. The van der Waals surface area contributed by atoms with Crippen LogP contribution in [0.15, 0.2) is 35.5 Å². The van der Waals surface area contributed by atoms with Crippen LogP contribution in [0, 0.1) is 6.92 Å². The minimum absolute atomic E-state index is 0.510. The maximum Gasteiger partial charge on any atom is 0.138 e. The topological polar surface area (TPSA) is 61.3 Å². The first-order valence-corrected chi connectivity index (χ1v) is 5.03. The average molecular weight is 215 g/mol. The number of nitrogens with one attached hydrogen (secondary N) is 1. The van der Waals surface area contributed by atoms with E-state index in [1.807, 2.05) is 37.3 Å². The number of aryl methyl sites for hydroxylation is 1. The summed E-state index contributed by atoms with van der Waals surface area (Å²) in [6.45, 7) is 3.63. The lowest BCUT2D eigenvalue weighted by atomic mass is 10.2. The largest absolute Gasteiger partial charge is 0.411 e. The standard InChI is InChI=1S/C12H13N3O/c1-8-11(9(2)15-16)14-12(13-8)10-6-4-3-5-7-10/h3-7,16H,1-2H3,(H,13,14)/b15-9-. The van der Waals surface area contributed by atoms with Gasteiger partial charge in [-0.3, -0.25) is 0 Å². The molecule has 1 aromatic carbocycles. The zero-order valence-electron chi connectivity index (χ0n) is 9.23. The predicted octanol–water partition coefficient (Wildman–Crippen LogP) is 2.58. The summed E-state index contributed by atoms with van der Waals surface area (Å²) in [6.07, 6.45) is 0. The molecule has 4 nitrogen and oxygen atoms in total. The molecule has 2 N–H and O–H groups in total. The lowest BCUT2D eigenvalue weighted by molar-refractivity contribution is 0.319. The van der Waals surface area contributed by atoms with Gasteiger partial charge in [-0.1, -0.05) is 35.5 Å². The molecular formula is C12H13N3O. The van der Waals surface area contributed by atoms with Crippen molar-refractivity contribution in [2.45, 2.75) is 13.8 Å². The van der Waals surface area contributed by atoms with Crippen molar-refractivity contribution >= 4 is 5.71 Å². The summed E-state index contributed by atoms with van der Waals surface area (Å²) >= 11 is 0. The summed E-state index contributed by atoms with van der Waals surface area (Å²) in [5, 5.41) is 11.9. The van der Waals surface area contributed by atoms with Gasteiger partial charge < -0.3 is 10.2 Å². The van der Waals surface area contributed by atoms with Crippen molar-refractivity contribution in [3.8, 4) is 11.4 Å². The fourth-order valence-corrected chi connectivity index (χ4v) is 1.59. The maximum absolute atomic E-state index is 8.73. The van der Waals surface area contributed by atoms with Crippen molar-refractivity contribution in [3.63, 3.8) is 0 Å². The molecule has 0 amide bonds. The molecule has 82 valence electrons. The zero-order chi connectivity index (χ0) is 11.5. The molecule has 0 saturated heterocycles. The molecule has 0 aliphatic rings. The van der Waals surface area contributed by atoms with Crippen LogP contribution in [0.3, 0.4) is 0 Å². The number of nitrogens with zero attached hydrogens (tertiary/aromatic N) is 2. The third-order valence-corrected chi connectivity index (χ3v) is 2.42. The Morgan fingerprint density at radius 2 is 2.00 bits per heavy atom. The Hall–Kier alpha value is -2.10. The number of imidazole rings is 1. The molecule has 0 spiro atoms. The quantitative estimate of drug-likeness (QED) is 0.459.